The summed E-state index contributed by atoms with van der Waals surface area (Å²) in [6, 6.07) is 5.46. The Labute approximate surface area is 119 Å². The highest BCUT2D eigenvalue weighted by Gasteiger charge is 2.28. The third-order valence-electron chi connectivity index (χ3n) is 4.17. The van der Waals surface area contributed by atoms with Gasteiger partial charge in [-0.3, -0.25) is 10.1 Å². The van der Waals surface area contributed by atoms with Gasteiger partial charge in [0.1, 0.15) is 0 Å². The number of nitrogens with zero attached hydrogens (tertiary/aromatic N) is 2. The van der Waals surface area contributed by atoms with Gasteiger partial charge >= 0.3 is 0 Å². The third-order valence-corrected chi connectivity index (χ3v) is 4.17. The van der Waals surface area contributed by atoms with Gasteiger partial charge in [0, 0.05) is 19.2 Å². The molecular weight excluding hydrogens is 252 g/mol. The number of hydrogen-bond donors (Lipinski definition) is 0. The summed E-state index contributed by atoms with van der Waals surface area (Å²) in [6.45, 7) is 2.13. The molecule has 0 bridgehead atoms. The lowest BCUT2D eigenvalue weighted by Crippen LogP contribution is -2.24. The predicted octanol–water partition coefficient (Wildman–Crippen LogP) is 3.93. The van der Waals surface area contributed by atoms with Gasteiger partial charge in [-0.05, 0) is 55.9 Å². The van der Waals surface area contributed by atoms with Crippen LogP contribution in [0.25, 0.3) is 6.08 Å². The van der Waals surface area contributed by atoms with E-state index in [1.807, 2.05) is 24.4 Å². The Hall–Kier alpha value is -1.84. The molecule has 1 saturated carbocycles. The normalized spacial score (nSPS) is 19.5. The SMILES string of the molecule is O=[N+]([O-])c1cccc(C2CC2)c1C=CN1CCCCC1. The molecule has 0 amide bonds. The van der Waals surface area contributed by atoms with E-state index in [-0.39, 0.29) is 10.6 Å². The summed E-state index contributed by atoms with van der Waals surface area (Å²) in [5.41, 5.74) is 2.20. The Balaban J connectivity index is 1.89. The Kier molecular flexibility index (Phi) is 3.72. The molecule has 4 heteroatoms. The maximum Gasteiger partial charge on any atom is 0.276 e. The number of nitro benzene ring substituents is 1. The molecule has 0 radical (unpaired) electrons. The molecule has 1 saturated heterocycles. The highest BCUT2D eigenvalue weighted by molar-refractivity contribution is 5.65. The Bertz CT molecular complexity index is 529. The fourth-order valence-corrected chi connectivity index (χ4v) is 2.91. The molecule has 0 atom stereocenters. The highest BCUT2D eigenvalue weighted by atomic mass is 16.6. The monoisotopic (exact) mass is 272 g/mol. The van der Waals surface area contributed by atoms with E-state index < -0.39 is 0 Å². The first-order valence-corrected chi connectivity index (χ1v) is 7.45. The molecule has 2 aliphatic rings. The number of nitro groups is 1. The van der Waals surface area contributed by atoms with Crippen molar-refractivity contribution in [1.29, 1.82) is 0 Å². The van der Waals surface area contributed by atoms with E-state index >= 15 is 0 Å². The van der Waals surface area contributed by atoms with Gasteiger partial charge in [-0.15, -0.1) is 0 Å². The van der Waals surface area contributed by atoms with Gasteiger partial charge in [-0.1, -0.05) is 12.1 Å². The van der Waals surface area contributed by atoms with Crippen LogP contribution in [0, 0.1) is 10.1 Å². The molecule has 1 aromatic carbocycles. The van der Waals surface area contributed by atoms with Crippen molar-refractivity contribution in [2.75, 3.05) is 13.1 Å². The van der Waals surface area contributed by atoms with Gasteiger partial charge in [0.25, 0.3) is 5.69 Å². The van der Waals surface area contributed by atoms with E-state index in [1.54, 1.807) is 6.07 Å². The summed E-state index contributed by atoms with van der Waals surface area (Å²) in [5.74, 6) is 0.524. The fraction of sp³-hybridized carbons (Fsp3) is 0.500. The molecule has 1 heterocycles. The van der Waals surface area contributed by atoms with Crippen LogP contribution in [0.5, 0.6) is 0 Å². The van der Waals surface area contributed by atoms with Crippen LogP contribution in [0.4, 0.5) is 5.69 Å². The summed E-state index contributed by atoms with van der Waals surface area (Å²) in [4.78, 5) is 13.2. The minimum Gasteiger partial charge on any atom is -0.377 e. The number of hydrogen-bond acceptors (Lipinski definition) is 3. The van der Waals surface area contributed by atoms with Gasteiger partial charge in [-0.2, -0.15) is 0 Å². The van der Waals surface area contributed by atoms with Crippen LogP contribution in [0.1, 0.15) is 49.1 Å². The van der Waals surface area contributed by atoms with Gasteiger partial charge in [0.2, 0.25) is 0 Å². The minimum absolute atomic E-state index is 0.239. The molecule has 2 fully saturated rings. The molecular formula is C16H20N2O2. The van der Waals surface area contributed by atoms with Crippen LogP contribution < -0.4 is 0 Å². The van der Waals surface area contributed by atoms with Crippen molar-refractivity contribution in [2.45, 2.75) is 38.0 Å². The largest absolute Gasteiger partial charge is 0.377 e. The van der Waals surface area contributed by atoms with Crippen molar-refractivity contribution >= 4 is 11.8 Å². The van der Waals surface area contributed by atoms with Gasteiger partial charge in [0.15, 0.2) is 0 Å². The van der Waals surface area contributed by atoms with E-state index in [0.717, 1.165) is 37.1 Å². The van der Waals surface area contributed by atoms with E-state index in [9.17, 15) is 10.1 Å². The second-order valence-electron chi connectivity index (χ2n) is 5.72. The third kappa shape index (κ3) is 2.84. The average molecular weight is 272 g/mol. The lowest BCUT2D eigenvalue weighted by atomic mass is 10.0. The molecule has 1 aromatic rings. The molecule has 0 N–H and O–H groups in total. The lowest BCUT2D eigenvalue weighted by molar-refractivity contribution is -0.385. The lowest BCUT2D eigenvalue weighted by Gasteiger charge is -2.24. The Morgan fingerprint density at radius 3 is 2.60 bits per heavy atom. The summed E-state index contributed by atoms with van der Waals surface area (Å²) in [7, 11) is 0. The van der Waals surface area contributed by atoms with Crippen molar-refractivity contribution in [1.82, 2.24) is 4.90 Å². The molecule has 4 nitrogen and oxygen atoms in total. The molecule has 1 aliphatic heterocycles. The van der Waals surface area contributed by atoms with E-state index in [0.29, 0.717) is 5.92 Å². The quantitative estimate of drug-likeness (QED) is 0.616. The first kappa shape index (κ1) is 13.2. The number of benzene rings is 1. The topological polar surface area (TPSA) is 46.4 Å². The Morgan fingerprint density at radius 1 is 1.20 bits per heavy atom. The van der Waals surface area contributed by atoms with Crippen LogP contribution in [-0.4, -0.2) is 22.9 Å². The van der Waals surface area contributed by atoms with Gasteiger partial charge in [0.05, 0.1) is 10.5 Å². The summed E-state index contributed by atoms with van der Waals surface area (Å²) in [6.07, 6.45) is 10.1. The van der Waals surface area contributed by atoms with E-state index in [4.69, 9.17) is 0 Å². The van der Waals surface area contributed by atoms with Crippen molar-refractivity contribution in [2.24, 2.45) is 0 Å². The maximum atomic E-state index is 11.2. The number of piperidine rings is 1. The second-order valence-corrected chi connectivity index (χ2v) is 5.72. The predicted molar refractivity (Wildman–Crippen MR) is 79.5 cm³/mol. The summed E-state index contributed by atoms with van der Waals surface area (Å²) < 4.78 is 0. The molecule has 0 unspecified atom stereocenters. The zero-order chi connectivity index (χ0) is 13.9. The van der Waals surface area contributed by atoms with Gasteiger partial charge < -0.3 is 4.90 Å². The first-order valence-electron chi connectivity index (χ1n) is 7.45. The van der Waals surface area contributed by atoms with Crippen LogP contribution >= 0.6 is 0 Å². The summed E-state index contributed by atoms with van der Waals surface area (Å²) in [5, 5.41) is 11.2. The first-order chi connectivity index (χ1) is 9.75. The molecule has 20 heavy (non-hydrogen) atoms. The fourth-order valence-electron chi connectivity index (χ4n) is 2.91. The van der Waals surface area contributed by atoms with Crippen molar-refractivity contribution in [3.8, 4) is 0 Å². The van der Waals surface area contributed by atoms with Crippen LogP contribution in [0.3, 0.4) is 0 Å². The van der Waals surface area contributed by atoms with Crippen LogP contribution in [0.15, 0.2) is 24.4 Å². The van der Waals surface area contributed by atoms with E-state index in [1.165, 1.54) is 19.3 Å². The zero-order valence-electron chi connectivity index (χ0n) is 11.6. The van der Waals surface area contributed by atoms with Crippen molar-refractivity contribution in [3.05, 3.63) is 45.6 Å². The van der Waals surface area contributed by atoms with E-state index in [2.05, 4.69) is 4.90 Å². The summed E-state index contributed by atoms with van der Waals surface area (Å²) >= 11 is 0. The molecule has 1 aliphatic carbocycles. The maximum absolute atomic E-state index is 11.2. The van der Waals surface area contributed by atoms with Crippen molar-refractivity contribution in [3.63, 3.8) is 0 Å². The smallest absolute Gasteiger partial charge is 0.276 e. The molecule has 0 spiro atoms. The molecule has 3 rings (SSSR count). The van der Waals surface area contributed by atoms with Gasteiger partial charge in [-0.25, -0.2) is 0 Å². The average Bonchev–Trinajstić information content (AvgIpc) is 3.30. The highest BCUT2D eigenvalue weighted by Crippen LogP contribution is 2.44. The molecule has 0 aromatic heterocycles. The second kappa shape index (κ2) is 5.65. The Morgan fingerprint density at radius 2 is 1.95 bits per heavy atom. The zero-order valence-corrected chi connectivity index (χ0v) is 11.6. The number of rotatable bonds is 4. The number of likely N-dealkylation sites (tertiary alicyclic amines) is 1. The molecule has 106 valence electrons. The van der Waals surface area contributed by atoms with Crippen LogP contribution in [-0.2, 0) is 0 Å². The van der Waals surface area contributed by atoms with Crippen LogP contribution in [0.2, 0.25) is 0 Å². The minimum atomic E-state index is -0.262. The van der Waals surface area contributed by atoms with Crippen molar-refractivity contribution < 1.29 is 4.92 Å². The standard InChI is InChI=1S/C16H20N2O2/c19-18(20)16-6-4-5-14(13-7-8-13)15(16)9-12-17-10-2-1-3-11-17/h4-6,9,12-13H,1-3,7-8,10-11H2.